The third kappa shape index (κ3) is 3.44. The van der Waals surface area contributed by atoms with Crippen LogP contribution >= 0.6 is 0 Å². The minimum atomic E-state index is -0.158. The molecule has 154 valence electrons. The Kier molecular flexibility index (Phi) is 5.15. The molecule has 5 heteroatoms. The molecular formula is C25H26FN3O. The van der Waals surface area contributed by atoms with Gasteiger partial charge in [0.05, 0.1) is 18.7 Å². The minimum Gasteiger partial charge on any atom is -0.494 e. The summed E-state index contributed by atoms with van der Waals surface area (Å²) in [5.41, 5.74) is 11.3. The van der Waals surface area contributed by atoms with Crippen LogP contribution in [0.5, 0.6) is 5.75 Å². The van der Waals surface area contributed by atoms with E-state index in [0.717, 1.165) is 18.0 Å². The van der Waals surface area contributed by atoms with Gasteiger partial charge in [0.25, 0.3) is 0 Å². The molecule has 4 nitrogen and oxygen atoms in total. The van der Waals surface area contributed by atoms with Crippen molar-refractivity contribution in [3.63, 3.8) is 0 Å². The Balaban J connectivity index is 1.54. The van der Waals surface area contributed by atoms with Gasteiger partial charge in [0, 0.05) is 30.3 Å². The Bertz CT molecular complexity index is 1030. The fourth-order valence-corrected chi connectivity index (χ4v) is 4.76. The molecule has 3 unspecified atom stereocenters. The maximum absolute atomic E-state index is 14.4. The fraction of sp³-hybridized carbons (Fsp3) is 0.280. The average molecular weight is 404 g/mol. The molecule has 3 atom stereocenters. The summed E-state index contributed by atoms with van der Waals surface area (Å²) in [5, 5.41) is 0. The van der Waals surface area contributed by atoms with Crippen molar-refractivity contribution < 1.29 is 9.13 Å². The molecule has 0 bridgehead atoms. The summed E-state index contributed by atoms with van der Waals surface area (Å²) in [7, 11) is 0. The van der Waals surface area contributed by atoms with Crippen molar-refractivity contribution in [3.8, 4) is 5.75 Å². The smallest absolute Gasteiger partial charge is 0.128 e. The van der Waals surface area contributed by atoms with Crippen molar-refractivity contribution in [3.05, 3.63) is 95.3 Å². The summed E-state index contributed by atoms with van der Waals surface area (Å²) in [6, 6.07) is 24.2. The van der Waals surface area contributed by atoms with Crippen LogP contribution in [0.4, 0.5) is 10.1 Å². The molecule has 5 rings (SSSR count). The molecule has 30 heavy (non-hydrogen) atoms. The number of halogens is 1. The van der Waals surface area contributed by atoms with Gasteiger partial charge < -0.3 is 9.64 Å². The molecule has 0 aromatic heterocycles. The molecule has 2 aliphatic heterocycles. The van der Waals surface area contributed by atoms with Crippen molar-refractivity contribution in [2.24, 2.45) is 5.92 Å². The largest absolute Gasteiger partial charge is 0.494 e. The molecule has 2 aliphatic rings. The Labute approximate surface area is 176 Å². The first-order valence-corrected chi connectivity index (χ1v) is 10.6. The van der Waals surface area contributed by atoms with Crippen LogP contribution in [0, 0.1) is 11.7 Å². The molecular weight excluding hydrogens is 377 g/mol. The van der Waals surface area contributed by atoms with Crippen LogP contribution < -0.4 is 20.5 Å². The first-order chi connectivity index (χ1) is 14.7. The molecule has 1 saturated heterocycles. The Hall–Kier alpha value is -2.89. The number of fused-ring (bicyclic) bond motifs is 3. The van der Waals surface area contributed by atoms with Gasteiger partial charge in [-0.05, 0) is 42.3 Å². The van der Waals surface area contributed by atoms with Gasteiger partial charge >= 0.3 is 0 Å². The van der Waals surface area contributed by atoms with E-state index in [1.54, 1.807) is 6.07 Å². The predicted octanol–water partition coefficient (Wildman–Crippen LogP) is 4.75. The molecule has 2 N–H and O–H groups in total. The van der Waals surface area contributed by atoms with E-state index in [-0.39, 0.29) is 17.9 Å². The third-order valence-corrected chi connectivity index (χ3v) is 6.15. The molecule has 2 heterocycles. The number of hydrazine groups is 1. The van der Waals surface area contributed by atoms with Gasteiger partial charge in [-0.1, -0.05) is 48.5 Å². The molecule has 0 saturated carbocycles. The van der Waals surface area contributed by atoms with E-state index in [9.17, 15) is 4.39 Å². The van der Waals surface area contributed by atoms with E-state index in [1.807, 2.05) is 31.2 Å². The highest BCUT2D eigenvalue weighted by atomic mass is 19.1. The Morgan fingerprint density at radius 3 is 2.53 bits per heavy atom. The highest BCUT2D eigenvalue weighted by Crippen LogP contribution is 2.46. The number of hydrogen-bond donors (Lipinski definition) is 2. The molecule has 3 aromatic carbocycles. The normalized spacial score (nSPS) is 22.5. The summed E-state index contributed by atoms with van der Waals surface area (Å²) in [6.07, 6.45) is 0. The maximum Gasteiger partial charge on any atom is 0.128 e. The van der Waals surface area contributed by atoms with E-state index < -0.39 is 0 Å². The lowest BCUT2D eigenvalue weighted by molar-refractivity contribution is 0.337. The second kappa shape index (κ2) is 8.09. The van der Waals surface area contributed by atoms with E-state index in [2.05, 4.69) is 52.1 Å². The van der Waals surface area contributed by atoms with Crippen LogP contribution in [-0.2, 0) is 6.54 Å². The van der Waals surface area contributed by atoms with Crippen molar-refractivity contribution >= 4 is 5.69 Å². The molecule has 3 aromatic rings. The Morgan fingerprint density at radius 2 is 1.73 bits per heavy atom. The summed E-state index contributed by atoms with van der Waals surface area (Å²) < 4.78 is 20.2. The zero-order valence-corrected chi connectivity index (χ0v) is 17.0. The van der Waals surface area contributed by atoms with Crippen LogP contribution in [0.25, 0.3) is 0 Å². The van der Waals surface area contributed by atoms with Crippen molar-refractivity contribution in [2.75, 3.05) is 18.1 Å². The van der Waals surface area contributed by atoms with E-state index >= 15 is 0 Å². The van der Waals surface area contributed by atoms with Crippen LogP contribution in [0.3, 0.4) is 0 Å². The van der Waals surface area contributed by atoms with Gasteiger partial charge in [0.1, 0.15) is 11.6 Å². The van der Waals surface area contributed by atoms with Gasteiger partial charge in [0.15, 0.2) is 0 Å². The van der Waals surface area contributed by atoms with Crippen LogP contribution in [0.2, 0.25) is 0 Å². The number of nitrogens with zero attached hydrogens (tertiary/aromatic N) is 1. The molecule has 0 spiro atoms. The first kappa shape index (κ1) is 19.1. The lowest BCUT2D eigenvalue weighted by atomic mass is 9.82. The summed E-state index contributed by atoms with van der Waals surface area (Å²) in [5.74, 6) is 1.02. The van der Waals surface area contributed by atoms with Crippen LogP contribution in [-0.4, -0.2) is 13.2 Å². The predicted molar refractivity (Wildman–Crippen MR) is 117 cm³/mol. The van der Waals surface area contributed by atoms with E-state index in [1.165, 1.54) is 17.2 Å². The summed E-state index contributed by atoms with van der Waals surface area (Å²) >= 11 is 0. The highest BCUT2D eigenvalue weighted by Gasteiger charge is 2.43. The molecule has 1 fully saturated rings. The van der Waals surface area contributed by atoms with E-state index in [0.29, 0.717) is 24.6 Å². The Morgan fingerprint density at radius 1 is 0.967 bits per heavy atom. The second-order valence-corrected chi connectivity index (χ2v) is 7.94. The number of nitrogens with one attached hydrogen (secondary N) is 2. The lowest BCUT2D eigenvalue weighted by Gasteiger charge is -2.39. The zero-order chi connectivity index (χ0) is 20.5. The monoisotopic (exact) mass is 403 g/mol. The number of hydrogen-bond acceptors (Lipinski definition) is 4. The topological polar surface area (TPSA) is 36.5 Å². The number of ether oxygens (including phenoxy) is 1. The van der Waals surface area contributed by atoms with Crippen molar-refractivity contribution in [1.29, 1.82) is 0 Å². The molecule has 0 aliphatic carbocycles. The van der Waals surface area contributed by atoms with Gasteiger partial charge in [-0.25, -0.2) is 15.2 Å². The van der Waals surface area contributed by atoms with E-state index in [4.69, 9.17) is 4.74 Å². The number of benzene rings is 3. The molecule has 0 radical (unpaired) electrons. The lowest BCUT2D eigenvalue weighted by Crippen LogP contribution is -2.39. The standard InChI is InChI=1S/C25H26FN3O/c1-2-30-19-12-13-23-20(14-19)25-21(24(27-28-25)17-8-4-3-5-9-17)16-29(23)15-18-10-6-7-11-22(18)26/h3-14,21,24-25,27-28H,2,15-16H2,1H3. The zero-order valence-electron chi connectivity index (χ0n) is 17.0. The fourth-order valence-electron chi connectivity index (χ4n) is 4.76. The molecule has 0 amide bonds. The van der Waals surface area contributed by atoms with Crippen molar-refractivity contribution in [1.82, 2.24) is 10.9 Å². The quantitative estimate of drug-likeness (QED) is 0.645. The van der Waals surface area contributed by atoms with Gasteiger partial charge in [-0.3, -0.25) is 0 Å². The minimum absolute atomic E-state index is 0.158. The average Bonchev–Trinajstić information content (AvgIpc) is 3.20. The third-order valence-electron chi connectivity index (χ3n) is 6.15. The van der Waals surface area contributed by atoms with Gasteiger partial charge in [0.2, 0.25) is 0 Å². The number of anilines is 1. The number of rotatable bonds is 5. The van der Waals surface area contributed by atoms with Crippen molar-refractivity contribution in [2.45, 2.75) is 25.6 Å². The van der Waals surface area contributed by atoms with Gasteiger partial charge in [-0.15, -0.1) is 0 Å². The highest BCUT2D eigenvalue weighted by molar-refractivity contribution is 5.61. The second-order valence-electron chi connectivity index (χ2n) is 7.94. The van der Waals surface area contributed by atoms with Gasteiger partial charge in [-0.2, -0.15) is 0 Å². The first-order valence-electron chi connectivity index (χ1n) is 10.6. The maximum atomic E-state index is 14.4. The van der Waals surface area contributed by atoms with Crippen LogP contribution in [0.1, 0.15) is 35.7 Å². The van der Waals surface area contributed by atoms with Crippen LogP contribution in [0.15, 0.2) is 72.8 Å². The SMILES string of the molecule is CCOc1ccc2c(c1)C1NNC(c3ccccc3)C1CN2Cc1ccccc1F. The summed E-state index contributed by atoms with van der Waals surface area (Å²) in [6.45, 7) is 4.00. The summed E-state index contributed by atoms with van der Waals surface area (Å²) in [4.78, 5) is 2.30.